The van der Waals surface area contributed by atoms with Crippen LogP contribution in [0.5, 0.6) is 17.2 Å². The molecule has 0 unspecified atom stereocenters. The Balaban J connectivity index is 0.000000481. The van der Waals surface area contributed by atoms with Gasteiger partial charge in [-0.05, 0) is 103 Å². The molecule has 3 aromatic carbocycles. The van der Waals surface area contributed by atoms with Crippen molar-refractivity contribution in [3.05, 3.63) is 113 Å². The van der Waals surface area contributed by atoms with Crippen molar-refractivity contribution in [3.8, 4) is 17.2 Å². The van der Waals surface area contributed by atoms with E-state index in [4.69, 9.17) is 28.8 Å². The highest BCUT2D eigenvalue weighted by Gasteiger charge is 2.33. The van der Waals surface area contributed by atoms with Gasteiger partial charge >= 0.3 is 36.4 Å². The molecule has 5 N–H and O–H groups in total. The summed E-state index contributed by atoms with van der Waals surface area (Å²) in [5.41, 5.74) is 1.03. The van der Waals surface area contributed by atoms with Gasteiger partial charge in [0.15, 0.2) is 0 Å². The molecule has 2 atom stereocenters. The van der Waals surface area contributed by atoms with Crippen molar-refractivity contribution in [2.24, 2.45) is 0 Å². The zero-order valence-electron chi connectivity index (χ0n) is 67.2. The summed E-state index contributed by atoms with van der Waals surface area (Å²) in [6.45, 7) is 2.46. The van der Waals surface area contributed by atoms with Crippen molar-refractivity contribution in [1.82, 2.24) is 60.0 Å². The van der Waals surface area contributed by atoms with E-state index in [1.54, 1.807) is 45.4 Å². The van der Waals surface area contributed by atoms with Crippen molar-refractivity contribution >= 4 is 95.2 Å². The standard InChI is InChI=1S/C35H50N6O12.C21H32N4O8.C20H19F5N2O5/c1-37(2)19-20-39(4)35(50)53-27-11-9-25(10-12-27)23-52-34(49)38(3)17-7-16-36-33(48)28(22-32(46)47)40(5)31(45)24-51-21-6-8-26(42)15-18-41-29(43)13-14-30(41)44;1-22-9-4-10-23-21(32)16(13-20(30)31)24(2)19(29)14-33-12-3-5-15(26)8-11-25-17(27)6-7-18(25)28;1-26(2)8-9-27(3)19(28)31-12-6-4-11(5-7-12)10-30-20(29)32-18-16(24)14(22)13(21)15(23)17(18)25/h9-14,28H,6-8,15-24H2,1-5H3,(H,36,48)(H,46,47);6-7,16,22H,3-5,8-14H2,1-2H3,(H,23,32)(H,30,31);4-7H,8-10H2,1-3H3/t28-;16-;/m00./s1. The Morgan fingerprint density at radius 3 is 1.17 bits per heavy atom. The Kier molecular flexibility index (Phi) is 44.7. The fourth-order valence-corrected chi connectivity index (χ4v) is 9.84. The summed E-state index contributed by atoms with van der Waals surface area (Å²) >= 11 is 0. The van der Waals surface area contributed by atoms with Gasteiger partial charge in [-0.1, -0.05) is 24.3 Å². The maximum Gasteiger partial charge on any atom is 0.514 e. The minimum atomic E-state index is -2.38. The second kappa shape index (κ2) is 52.6. The highest BCUT2D eigenvalue weighted by molar-refractivity contribution is 6.13. The number of likely N-dealkylation sites (N-methyl/N-ethyl adjacent to an activating group) is 6. The Morgan fingerprint density at radius 1 is 0.432 bits per heavy atom. The molecule has 37 nitrogen and oxygen atoms in total. The molecule has 0 saturated heterocycles. The number of ketones is 2. The summed E-state index contributed by atoms with van der Waals surface area (Å²) in [6.07, 6.45) is 1.92. The van der Waals surface area contributed by atoms with Gasteiger partial charge in [0.05, 0.1) is 12.8 Å². The molecular weight excluding hydrogens is 1580 g/mol. The number of nitrogens with one attached hydrogen (secondary N) is 3. The van der Waals surface area contributed by atoms with Gasteiger partial charge in [0.1, 0.15) is 61.6 Å². The van der Waals surface area contributed by atoms with Gasteiger partial charge in [-0.3, -0.25) is 67.3 Å². The van der Waals surface area contributed by atoms with Crippen molar-refractivity contribution < 1.29 is 142 Å². The number of imide groups is 2. The summed E-state index contributed by atoms with van der Waals surface area (Å²) in [5, 5.41) is 26.6. The summed E-state index contributed by atoms with van der Waals surface area (Å²) in [6, 6.07) is 9.71. The van der Waals surface area contributed by atoms with Crippen LogP contribution in [0.25, 0.3) is 0 Å². The highest BCUT2D eigenvalue weighted by atomic mass is 19.2. The lowest BCUT2D eigenvalue weighted by Crippen LogP contribution is -2.50. The number of carbonyl (C=O) groups is 16. The van der Waals surface area contributed by atoms with E-state index in [1.165, 1.54) is 60.1 Å². The second-order valence-corrected chi connectivity index (χ2v) is 26.8. The number of hydrogen-bond acceptors (Lipinski definition) is 26. The Bertz CT molecular complexity index is 3960. The summed E-state index contributed by atoms with van der Waals surface area (Å²) < 4.78 is 101. The van der Waals surface area contributed by atoms with E-state index in [2.05, 4.69) is 25.4 Å². The van der Waals surface area contributed by atoms with Crippen molar-refractivity contribution in [1.29, 1.82) is 0 Å². The van der Waals surface area contributed by atoms with Crippen LogP contribution in [-0.2, 0) is 89.7 Å². The number of ether oxygens (including phenoxy) is 7. The van der Waals surface area contributed by atoms with Crippen LogP contribution in [0.1, 0.15) is 75.3 Å². The molecule has 0 radical (unpaired) electrons. The molecule has 2 aliphatic heterocycles. The van der Waals surface area contributed by atoms with Crippen LogP contribution in [0.15, 0.2) is 72.8 Å². The Hall–Kier alpha value is -11.9. The first-order chi connectivity index (χ1) is 55.8. The molecule has 118 heavy (non-hydrogen) atoms. The lowest BCUT2D eigenvalue weighted by molar-refractivity contribution is -0.148. The van der Waals surface area contributed by atoms with Gasteiger partial charge in [-0.15, -0.1) is 0 Å². The third-order valence-electron chi connectivity index (χ3n) is 16.9. The van der Waals surface area contributed by atoms with Gasteiger partial charge in [0.2, 0.25) is 58.5 Å². The molecule has 11 amide bonds. The number of aliphatic carboxylic acids is 2. The van der Waals surface area contributed by atoms with Gasteiger partial charge in [0.25, 0.3) is 23.6 Å². The number of rotatable bonds is 47. The topological polar surface area (TPSA) is 443 Å². The molecule has 0 aliphatic carbocycles. The number of nitrogens with zero attached hydrogens (tertiary/aromatic N) is 9. The van der Waals surface area contributed by atoms with Crippen molar-refractivity contribution in [2.75, 3.05) is 162 Å². The fourth-order valence-electron chi connectivity index (χ4n) is 9.84. The van der Waals surface area contributed by atoms with E-state index in [1.807, 2.05) is 38.0 Å². The zero-order chi connectivity index (χ0) is 88.3. The molecule has 3 aromatic rings. The zero-order valence-corrected chi connectivity index (χ0v) is 67.2. The molecule has 42 heteroatoms. The van der Waals surface area contributed by atoms with Crippen molar-refractivity contribution in [3.63, 3.8) is 0 Å². The molecule has 0 aromatic heterocycles. The first-order valence-corrected chi connectivity index (χ1v) is 36.7. The molecule has 0 saturated carbocycles. The summed E-state index contributed by atoms with van der Waals surface area (Å²) in [7, 11) is 16.7. The third kappa shape index (κ3) is 36.9. The second-order valence-electron chi connectivity index (χ2n) is 26.8. The minimum Gasteiger partial charge on any atom is -0.481 e. The first kappa shape index (κ1) is 100. The fraction of sp³-hybridized carbons (Fsp3) is 0.500. The van der Waals surface area contributed by atoms with Gasteiger partial charge in [-0.2, -0.15) is 8.78 Å². The third-order valence-corrected chi connectivity index (χ3v) is 16.9. The van der Waals surface area contributed by atoms with Crippen LogP contribution in [0.2, 0.25) is 0 Å². The smallest absolute Gasteiger partial charge is 0.481 e. The first-order valence-electron chi connectivity index (χ1n) is 36.7. The summed E-state index contributed by atoms with van der Waals surface area (Å²) in [4.78, 5) is 203. The molecular formula is C76H101F5N12O25. The van der Waals surface area contributed by atoms with Gasteiger partial charge in [-0.25, -0.2) is 32.3 Å². The largest absolute Gasteiger partial charge is 0.514 e. The normalized spacial score (nSPS) is 12.5. The van der Waals surface area contributed by atoms with E-state index >= 15 is 0 Å². The lowest BCUT2D eigenvalue weighted by atomic mass is 10.1. The molecule has 650 valence electrons. The maximum absolute atomic E-state index is 13.5. The number of hydrogen-bond donors (Lipinski definition) is 5. The number of halogens is 5. The molecule has 2 aliphatic rings. The predicted octanol–water partition coefficient (Wildman–Crippen LogP) is 3.52. The van der Waals surface area contributed by atoms with E-state index in [0.717, 1.165) is 43.9 Å². The van der Waals surface area contributed by atoms with Crippen LogP contribution in [0, 0.1) is 29.1 Å². The van der Waals surface area contributed by atoms with Crippen LogP contribution in [-0.4, -0.2) is 324 Å². The highest BCUT2D eigenvalue weighted by Crippen LogP contribution is 2.30. The number of carboxylic acids is 2. The van der Waals surface area contributed by atoms with E-state index < -0.39 is 157 Å². The lowest BCUT2D eigenvalue weighted by Gasteiger charge is -2.26. The number of carbonyl (C=O) groups excluding carboxylic acids is 14. The van der Waals surface area contributed by atoms with Crippen molar-refractivity contribution in [2.45, 2.75) is 89.5 Å². The average Bonchev–Trinajstić information content (AvgIpc) is 0.812. The molecule has 0 spiro atoms. The van der Waals surface area contributed by atoms with E-state index in [0.29, 0.717) is 75.4 Å². The predicted molar refractivity (Wildman–Crippen MR) is 405 cm³/mol. The van der Waals surface area contributed by atoms with Crippen LogP contribution >= 0.6 is 0 Å². The number of benzene rings is 3. The number of carboxylic acid groups (broad SMARTS) is 2. The van der Waals surface area contributed by atoms with Crippen LogP contribution in [0.3, 0.4) is 0 Å². The monoisotopic (exact) mass is 1680 g/mol. The maximum atomic E-state index is 13.5. The Labute approximate surface area is 677 Å². The molecule has 0 fully saturated rings. The Morgan fingerprint density at radius 2 is 0.797 bits per heavy atom. The molecule has 5 rings (SSSR count). The quantitative estimate of drug-likeness (QED) is 0.0103. The average molecular weight is 1680 g/mol. The van der Waals surface area contributed by atoms with Crippen LogP contribution < -0.4 is 30.2 Å². The summed E-state index contributed by atoms with van der Waals surface area (Å²) in [5.74, 6) is -19.8. The number of amides is 11. The van der Waals surface area contributed by atoms with Gasteiger partial charge < -0.3 is 93.6 Å². The van der Waals surface area contributed by atoms with Crippen LogP contribution in [0.4, 0.5) is 41.1 Å². The molecule has 2 heterocycles. The van der Waals surface area contributed by atoms with E-state index in [-0.39, 0.29) is 102 Å². The number of Topliss-reactive ketones (excluding diaryl/α,β-unsaturated/α-hetero) is 2. The SMILES string of the molecule is CN(C)CCN(C)C(=O)Oc1ccc(COC(=O)N(C)CCCNC(=O)[C@H](CC(=O)O)N(C)C(=O)COCCCC(=O)CCN2C(=O)C=CC2=O)cc1.CN(C)CCN(C)C(=O)Oc1ccc(COC(=O)Oc2c(F)c(F)c(F)c(F)c2F)cc1.CNCCCNC(=O)[C@H](CC(=O)O)N(C)C(=O)COCCCC(=O)CCN1C(=O)C=CC1=O. The van der Waals surface area contributed by atoms with Gasteiger partial charge in [0, 0.05) is 157 Å². The minimum absolute atomic E-state index is 0.000941. The molecule has 0 bridgehead atoms. The van der Waals surface area contributed by atoms with E-state index in [9.17, 15) is 104 Å².